The Morgan fingerprint density at radius 3 is 2.62 bits per heavy atom. The summed E-state index contributed by atoms with van der Waals surface area (Å²) in [5.41, 5.74) is 2.70. The van der Waals surface area contributed by atoms with Crippen molar-refractivity contribution in [1.29, 1.82) is 0 Å². The highest BCUT2D eigenvalue weighted by molar-refractivity contribution is 5.95. The first-order valence-electron chi connectivity index (χ1n) is 11.6. The molecule has 1 aromatic carbocycles. The van der Waals surface area contributed by atoms with Crippen LogP contribution in [-0.4, -0.2) is 35.3 Å². The van der Waals surface area contributed by atoms with E-state index < -0.39 is 0 Å². The zero-order valence-electron chi connectivity index (χ0n) is 19.9. The van der Waals surface area contributed by atoms with Crippen LogP contribution in [0.5, 0.6) is 5.88 Å². The Balaban J connectivity index is 1.70. The van der Waals surface area contributed by atoms with Crippen molar-refractivity contribution in [3.05, 3.63) is 57.9 Å². The topological polar surface area (TPSA) is 118 Å². The number of carbonyl (C=O) groups is 1. The van der Waals surface area contributed by atoms with Crippen LogP contribution in [0.4, 0.5) is 5.82 Å². The number of hydrogen-bond donors (Lipinski definition) is 3. The highest BCUT2D eigenvalue weighted by atomic mass is 16.3. The van der Waals surface area contributed by atoms with Crippen LogP contribution in [-0.2, 0) is 24.8 Å². The number of aromatic amines is 1. The average molecular weight is 463 g/mol. The van der Waals surface area contributed by atoms with Gasteiger partial charge in [0.25, 0.3) is 5.56 Å². The van der Waals surface area contributed by atoms with Crippen LogP contribution in [0.15, 0.2) is 41.2 Å². The molecule has 9 heteroatoms. The number of pyridine rings is 1. The highest BCUT2D eigenvalue weighted by Gasteiger charge is 2.22. The minimum Gasteiger partial charge on any atom is -0.494 e. The van der Waals surface area contributed by atoms with E-state index in [9.17, 15) is 14.7 Å². The van der Waals surface area contributed by atoms with E-state index in [-0.39, 0.29) is 23.3 Å². The van der Waals surface area contributed by atoms with Crippen molar-refractivity contribution in [1.82, 2.24) is 24.3 Å². The number of fused-ring (bicyclic) bond motifs is 1. The Labute approximate surface area is 197 Å². The van der Waals surface area contributed by atoms with E-state index in [1.165, 1.54) is 4.57 Å². The van der Waals surface area contributed by atoms with Crippen molar-refractivity contribution >= 4 is 22.8 Å². The molecule has 3 aromatic heterocycles. The molecule has 0 saturated heterocycles. The molecule has 4 rings (SSSR count). The predicted octanol–water partition coefficient (Wildman–Crippen LogP) is 3.94. The lowest BCUT2D eigenvalue weighted by molar-refractivity contribution is -0.117. The first kappa shape index (κ1) is 23.3. The monoisotopic (exact) mass is 462 g/mol. The number of anilines is 1. The number of aromatic hydroxyl groups is 1. The fourth-order valence-corrected chi connectivity index (χ4v) is 4.16. The van der Waals surface area contributed by atoms with Gasteiger partial charge in [0.05, 0.1) is 5.92 Å². The van der Waals surface area contributed by atoms with Gasteiger partial charge in [-0.1, -0.05) is 50.6 Å². The van der Waals surface area contributed by atoms with Gasteiger partial charge in [-0.3, -0.25) is 18.8 Å². The van der Waals surface area contributed by atoms with Crippen molar-refractivity contribution in [3.8, 4) is 17.4 Å². The molecular formula is C25H30N6O3. The van der Waals surface area contributed by atoms with Gasteiger partial charge in [0.1, 0.15) is 16.7 Å². The minimum absolute atomic E-state index is 0.0212. The van der Waals surface area contributed by atoms with Crippen LogP contribution in [0.3, 0.4) is 0 Å². The lowest BCUT2D eigenvalue weighted by atomic mass is 10.0. The van der Waals surface area contributed by atoms with Gasteiger partial charge in [0, 0.05) is 25.2 Å². The molecule has 0 bridgehead atoms. The standard InChI is InChI=1S/C25H30N6O3/c1-5-10-17-20-21(25(34)31(13-6-2)24(17)33)28-22(27-20)18-14-19(29-30(18)4)26-23(32)15(3)16-11-8-7-9-12-16/h7-9,11-12,14-15,33H,5-6,10,13H2,1-4H3,(H,27,28)(H,26,29,32)/t15-/m1/s1. The van der Waals surface area contributed by atoms with Gasteiger partial charge >= 0.3 is 0 Å². The summed E-state index contributed by atoms with van der Waals surface area (Å²) in [6.45, 7) is 6.24. The molecule has 0 spiro atoms. The number of nitrogens with one attached hydrogen (secondary N) is 2. The van der Waals surface area contributed by atoms with Crippen LogP contribution in [0.1, 0.15) is 50.7 Å². The number of aryl methyl sites for hydroxylation is 2. The van der Waals surface area contributed by atoms with E-state index in [4.69, 9.17) is 0 Å². The summed E-state index contributed by atoms with van der Waals surface area (Å²) >= 11 is 0. The maximum absolute atomic E-state index is 13.0. The van der Waals surface area contributed by atoms with Gasteiger partial charge in [-0.15, -0.1) is 0 Å². The fourth-order valence-electron chi connectivity index (χ4n) is 4.16. The summed E-state index contributed by atoms with van der Waals surface area (Å²) in [5.74, 6) is 0.315. The van der Waals surface area contributed by atoms with Crippen molar-refractivity contribution in [3.63, 3.8) is 0 Å². The zero-order chi connectivity index (χ0) is 24.4. The number of aromatic nitrogens is 5. The van der Waals surface area contributed by atoms with E-state index >= 15 is 0 Å². The maximum atomic E-state index is 13.0. The van der Waals surface area contributed by atoms with Crippen LogP contribution < -0.4 is 10.9 Å². The summed E-state index contributed by atoms with van der Waals surface area (Å²) in [6, 6.07) is 11.3. The molecule has 1 atom stereocenters. The van der Waals surface area contributed by atoms with Gasteiger partial charge in [0.15, 0.2) is 17.5 Å². The minimum atomic E-state index is -0.338. The number of rotatable bonds is 8. The molecule has 3 N–H and O–H groups in total. The number of hydrogen-bond acceptors (Lipinski definition) is 5. The number of nitrogens with zero attached hydrogens (tertiary/aromatic N) is 4. The summed E-state index contributed by atoms with van der Waals surface area (Å²) in [7, 11) is 1.75. The number of amides is 1. The van der Waals surface area contributed by atoms with E-state index in [0.717, 1.165) is 18.4 Å². The molecule has 0 aliphatic heterocycles. The Hall–Kier alpha value is -3.88. The predicted molar refractivity (Wildman–Crippen MR) is 132 cm³/mol. The number of imidazole rings is 1. The second-order valence-corrected chi connectivity index (χ2v) is 8.48. The molecular weight excluding hydrogens is 432 g/mol. The van der Waals surface area contributed by atoms with Gasteiger partial charge < -0.3 is 15.4 Å². The molecule has 0 fully saturated rings. The Morgan fingerprint density at radius 2 is 1.94 bits per heavy atom. The van der Waals surface area contributed by atoms with Gasteiger partial charge in [-0.2, -0.15) is 5.10 Å². The second-order valence-electron chi connectivity index (χ2n) is 8.48. The smallest absolute Gasteiger partial charge is 0.279 e. The average Bonchev–Trinajstić information content (AvgIpc) is 3.43. The Kier molecular flexibility index (Phi) is 6.54. The molecule has 0 aliphatic carbocycles. The first-order valence-corrected chi connectivity index (χ1v) is 11.6. The molecule has 0 unspecified atom stereocenters. The Bertz CT molecular complexity index is 1380. The molecule has 178 valence electrons. The van der Waals surface area contributed by atoms with Gasteiger partial charge in [0.2, 0.25) is 5.91 Å². The SMILES string of the molecule is CCCc1c(O)n(CCC)c(=O)c2[nH]c(-c3cc(NC(=O)[C@H](C)c4ccccc4)nn3C)nc12. The van der Waals surface area contributed by atoms with Crippen molar-refractivity contribution in [2.45, 2.75) is 52.5 Å². The molecule has 0 saturated carbocycles. The highest BCUT2D eigenvalue weighted by Crippen LogP contribution is 2.29. The summed E-state index contributed by atoms with van der Waals surface area (Å²) in [5, 5.41) is 18.0. The van der Waals surface area contributed by atoms with Gasteiger partial charge in [-0.25, -0.2) is 4.98 Å². The van der Waals surface area contributed by atoms with Crippen LogP contribution >= 0.6 is 0 Å². The lowest BCUT2D eigenvalue weighted by Gasteiger charge is -2.11. The van der Waals surface area contributed by atoms with Gasteiger partial charge in [-0.05, 0) is 25.3 Å². The summed E-state index contributed by atoms with van der Waals surface area (Å²) in [4.78, 5) is 33.6. The van der Waals surface area contributed by atoms with Crippen LogP contribution in [0, 0.1) is 0 Å². The first-order chi connectivity index (χ1) is 16.3. The number of H-pyrrole nitrogens is 1. The third kappa shape index (κ3) is 4.21. The van der Waals surface area contributed by atoms with E-state index in [2.05, 4.69) is 20.4 Å². The lowest BCUT2D eigenvalue weighted by Crippen LogP contribution is -2.21. The second kappa shape index (κ2) is 9.54. The zero-order valence-corrected chi connectivity index (χ0v) is 19.9. The normalized spacial score (nSPS) is 12.2. The van der Waals surface area contributed by atoms with Crippen LogP contribution in [0.2, 0.25) is 0 Å². The van der Waals surface area contributed by atoms with Crippen molar-refractivity contribution in [2.75, 3.05) is 5.32 Å². The van der Waals surface area contributed by atoms with E-state index in [0.29, 0.717) is 46.9 Å². The van der Waals surface area contributed by atoms with E-state index in [1.807, 2.05) is 51.1 Å². The van der Waals surface area contributed by atoms with Crippen LogP contribution in [0.25, 0.3) is 22.6 Å². The largest absolute Gasteiger partial charge is 0.494 e. The van der Waals surface area contributed by atoms with E-state index in [1.54, 1.807) is 17.8 Å². The molecule has 1 amide bonds. The summed E-state index contributed by atoms with van der Waals surface area (Å²) in [6.07, 6.45) is 2.12. The molecule has 34 heavy (non-hydrogen) atoms. The van der Waals surface area contributed by atoms with Crippen molar-refractivity contribution in [2.24, 2.45) is 7.05 Å². The molecule has 0 aliphatic rings. The number of carbonyl (C=O) groups excluding carboxylic acids is 1. The maximum Gasteiger partial charge on any atom is 0.279 e. The third-order valence-electron chi connectivity index (χ3n) is 5.99. The third-order valence-corrected chi connectivity index (χ3v) is 5.99. The molecule has 0 radical (unpaired) electrons. The molecule has 9 nitrogen and oxygen atoms in total. The van der Waals surface area contributed by atoms with Crippen molar-refractivity contribution < 1.29 is 9.90 Å². The molecule has 3 heterocycles. The number of benzene rings is 1. The molecule has 4 aromatic rings. The fraction of sp³-hybridized carbons (Fsp3) is 0.360. The summed E-state index contributed by atoms with van der Waals surface area (Å²) < 4.78 is 3.00. The Morgan fingerprint density at radius 1 is 1.21 bits per heavy atom. The quantitative estimate of drug-likeness (QED) is 0.367.